The monoisotopic (exact) mass is 455 g/mol. The van der Waals surface area contributed by atoms with Gasteiger partial charge < -0.3 is 20.1 Å². The van der Waals surface area contributed by atoms with Gasteiger partial charge in [0.1, 0.15) is 17.3 Å². The fraction of sp³-hybridized carbons (Fsp3) is 0.440. The van der Waals surface area contributed by atoms with E-state index in [4.69, 9.17) is 21.3 Å². The Hall–Kier alpha value is -2.57. The number of carboxylic acids is 1. The summed E-state index contributed by atoms with van der Waals surface area (Å²) in [6.07, 6.45) is 3.10. The van der Waals surface area contributed by atoms with Crippen LogP contribution in [-0.2, 0) is 4.79 Å². The Morgan fingerprint density at radius 3 is 2.84 bits per heavy atom. The SMILES string of the molecule is CCCCC(CC)(C(=O)O)C1CN(C2=Nc3cc(Cl)ccc3Oc3ccccc32)CCN1. The predicted octanol–water partition coefficient (Wildman–Crippen LogP) is 5.47. The van der Waals surface area contributed by atoms with Crippen LogP contribution in [-0.4, -0.2) is 47.5 Å². The third-order valence-electron chi connectivity index (χ3n) is 6.67. The summed E-state index contributed by atoms with van der Waals surface area (Å²) < 4.78 is 6.18. The first-order chi connectivity index (χ1) is 15.5. The summed E-state index contributed by atoms with van der Waals surface area (Å²) in [7, 11) is 0. The molecule has 2 N–H and O–H groups in total. The van der Waals surface area contributed by atoms with Crippen LogP contribution in [0.1, 0.15) is 45.1 Å². The lowest BCUT2D eigenvalue weighted by molar-refractivity contribution is -0.152. The third kappa shape index (κ3) is 4.21. The highest BCUT2D eigenvalue weighted by molar-refractivity contribution is 6.31. The quantitative estimate of drug-likeness (QED) is 0.604. The van der Waals surface area contributed by atoms with E-state index in [1.165, 1.54) is 0 Å². The van der Waals surface area contributed by atoms with Gasteiger partial charge in [0.2, 0.25) is 0 Å². The standard InChI is InChI=1S/C25H30ClN3O3/c1-3-5-12-25(4-2,24(30)31)22-16-29(14-13-27-22)23-18-8-6-7-9-20(18)32-21-11-10-17(26)15-19(21)28-23/h6-11,15,22,27H,3-5,12-14,16H2,1-2H3,(H,30,31). The molecule has 0 spiro atoms. The average molecular weight is 456 g/mol. The Morgan fingerprint density at radius 1 is 1.28 bits per heavy atom. The highest BCUT2D eigenvalue weighted by Crippen LogP contribution is 2.40. The zero-order valence-corrected chi connectivity index (χ0v) is 19.4. The highest BCUT2D eigenvalue weighted by atomic mass is 35.5. The molecule has 170 valence electrons. The molecule has 6 nitrogen and oxygen atoms in total. The molecule has 0 radical (unpaired) electrons. The van der Waals surface area contributed by atoms with E-state index < -0.39 is 11.4 Å². The van der Waals surface area contributed by atoms with E-state index in [9.17, 15) is 9.90 Å². The molecule has 4 rings (SSSR count). The minimum atomic E-state index is -0.808. The maximum atomic E-state index is 12.5. The van der Waals surface area contributed by atoms with Crippen LogP contribution in [0.3, 0.4) is 0 Å². The highest BCUT2D eigenvalue weighted by Gasteiger charge is 2.46. The van der Waals surface area contributed by atoms with E-state index in [0.29, 0.717) is 42.4 Å². The van der Waals surface area contributed by atoms with Crippen molar-refractivity contribution in [3.63, 3.8) is 0 Å². The minimum Gasteiger partial charge on any atom is -0.481 e. The van der Waals surface area contributed by atoms with Crippen LogP contribution in [0.15, 0.2) is 47.5 Å². The number of piperazine rings is 1. The third-order valence-corrected chi connectivity index (χ3v) is 6.91. The maximum absolute atomic E-state index is 12.5. The number of aliphatic carboxylic acids is 1. The van der Waals surface area contributed by atoms with Gasteiger partial charge in [-0.15, -0.1) is 0 Å². The summed E-state index contributed by atoms with van der Waals surface area (Å²) in [6, 6.07) is 13.1. The van der Waals surface area contributed by atoms with Crippen LogP contribution in [0.25, 0.3) is 0 Å². The fourth-order valence-corrected chi connectivity index (χ4v) is 4.91. The molecule has 32 heavy (non-hydrogen) atoms. The summed E-state index contributed by atoms with van der Waals surface area (Å²) in [5.41, 5.74) is 0.758. The molecule has 1 saturated heterocycles. The molecule has 0 saturated carbocycles. The predicted molar refractivity (Wildman–Crippen MR) is 127 cm³/mol. The zero-order valence-electron chi connectivity index (χ0n) is 18.6. The summed E-state index contributed by atoms with van der Waals surface area (Å²) in [4.78, 5) is 19.6. The van der Waals surface area contributed by atoms with Crippen LogP contribution in [0.2, 0.25) is 5.02 Å². The first kappa shape index (κ1) is 22.6. The van der Waals surface area contributed by atoms with Crippen LogP contribution < -0.4 is 10.1 Å². The van der Waals surface area contributed by atoms with Crippen molar-refractivity contribution in [3.05, 3.63) is 53.1 Å². The number of nitrogens with one attached hydrogen (secondary N) is 1. The molecule has 0 aromatic heterocycles. The second-order valence-electron chi connectivity index (χ2n) is 8.52. The van der Waals surface area contributed by atoms with Crippen LogP contribution in [0.4, 0.5) is 5.69 Å². The lowest BCUT2D eigenvalue weighted by Crippen LogP contribution is -2.61. The van der Waals surface area contributed by atoms with Crippen LogP contribution in [0, 0.1) is 5.41 Å². The number of hydrogen-bond donors (Lipinski definition) is 2. The molecule has 2 aliphatic heterocycles. The number of fused-ring (bicyclic) bond motifs is 2. The molecule has 2 aromatic rings. The lowest BCUT2D eigenvalue weighted by atomic mass is 9.73. The number of hydrogen-bond acceptors (Lipinski definition) is 5. The lowest BCUT2D eigenvalue weighted by Gasteiger charge is -2.44. The number of aliphatic imine (C=N–C) groups is 1. The number of nitrogens with zero attached hydrogens (tertiary/aromatic N) is 2. The fourth-order valence-electron chi connectivity index (χ4n) is 4.75. The molecule has 2 aliphatic rings. The van der Waals surface area contributed by atoms with Gasteiger partial charge in [0.15, 0.2) is 5.75 Å². The van der Waals surface area contributed by atoms with E-state index in [2.05, 4.69) is 17.1 Å². The number of benzene rings is 2. The van der Waals surface area contributed by atoms with E-state index in [0.717, 1.165) is 36.5 Å². The van der Waals surface area contributed by atoms with Gasteiger partial charge in [-0.2, -0.15) is 0 Å². The van der Waals surface area contributed by atoms with E-state index in [-0.39, 0.29) is 6.04 Å². The molecule has 0 aliphatic carbocycles. The minimum absolute atomic E-state index is 0.178. The molecule has 0 amide bonds. The largest absolute Gasteiger partial charge is 0.481 e. The van der Waals surface area contributed by atoms with Gasteiger partial charge in [-0.05, 0) is 43.2 Å². The van der Waals surface area contributed by atoms with Crippen molar-refractivity contribution in [1.82, 2.24) is 10.2 Å². The van der Waals surface area contributed by atoms with Gasteiger partial charge >= 0.3 is 5.97 Å². The summed E-state index contributed by atoms with van der Waals surface area (Å²) in [6.45, 7) is 6.06. The Bertz CT molecular complexity index is 1030. The normalized spacial score (nSPS) is 19.7. The van der Waals surface area contributed by atoms with E-state index in [1.54, 1.807) is 12.1 Å². The number of carboxylic acid groups (broad SMARTS) is 1. The van der Waals surface area contributed by atoms with Crippen molar-refractivity contribution in [1.29, 1.82) is 0 Å². The number of unbranched alkanes of at least 4 members (excludes halogenated alkanes) is 1. The first-order valence-corrected chi connectivity index (χ1v) is 11.7. The number of para-hydroxylation sites is 1. The molecular formula is C25H30ClN3O3. The molecule has 2 aromatic carbocycles. The van der Waals surface area contributed by atoms with Crippen molar-refractivity contribution < 1.29 is 14.6 Å². The molecule has 2 heterocycles. The number of amidine groups is 1. The Morgan fingerprint density at radius 2 is 2.09 bits per heavy atom. The van der Waals surface area contributed by atoms with Gasteiger partial charge in [0.25, 0.3) is 0 Å². The number of rotatable bonds is 6. The summed E-state index contributed by atoms with van der Waals surface area (Å²) >= 11 is 6.25. The van der Waals surface area contributed by atoms with E-state index >= 15 is 0 Å². The molecule has 2 unspecified atom stereocenters. The van der Waals surface area contributed by atoms with Crippen molar-refractivity contribution in [3.8, 4) is 11.5 Å². The summed E-state index contributed by atoms with van der Waals surface area (Å²) in [5.74, 6) is 1.45. The molecular weight excluding hydrogens is 426 g/mol. The Labute approximate surface area is 194 Å². The second-order valence-corrected chi connectivity index (χ2v) is 8.95. The Balaban J connectivity index is 1.74. The average Bonchev–Trinajstić information content (AvgIpc) is 2.96. The van der Waals surface area contributed by atoms with Crippen molar-refractivity contribution >= 4 is 29.1 Å². The van der Waals surface area contributed by atoms with Gasteiger partial charge in [0, 0.05) is 30.7 Å². The Kier molecular flexibility index (Phi) is 6.72. The first-order valence-electron chi connectivity index (χ1n) is 11.4. The second kappa shape index (κ2) is 9.51. The van der Waals surface area contributed by atoms with Gasteiger partial charge in [-0.25, -0.2) is 4.99 Å². The maximum Gasteiger partial charge on any atom is 0.311 e. The number of carbonyl (C=O) groups is 1. The van der Waals surface area contributed by atoms with Gasteiger partial charge in [0.05, 0.1) is 11.0 Å². The van der Waals surface area contributed by atoms with Crippen LogP contribution in [0.5, 0.6) is 11.5 Å². The molecule has 2 atom stereocenters. The summed E-state index contributed by atoms with van der Waals surface area (Å²) in [5, 5.41) is 14.3. The smallest absolute Gasteiger partial charge is 0.311 e. The van der Waals surface area contributed by atoms with Crippen molar-refractivity contribution in [2.24, 2.45) is 10.4 Å². The molecule has 1 fully saturated rings. The number of ether oxygens (including phenoxy) is 1. The molecule has 7 heteroatoms. The van der Waals surface area contributed by atoms with Gasteiger partial charge in [-0.1, -0.05) is 50.4 Å². The van der Waals surface area contributed by atoms with E-state index in [1.807, 2.05) is 37.3 Å². The van der Waals surface area contributed by atoms with Crippen molar-refractivity contribution in [2.75, 3.05) is 19.6 Å². The number of halogens is 1. The van der Waals surface area contributed by atoms with Gasteiger partial charge in [-0.3, -0.25) is 4.79 Å². The zero-order chi connectivity index (χ0) is 22.7. The van der Waals surface area contributed by atoms with Crippen LogP contribution >= 0.6 is 11.6 Å². The topological polar surface area (TPSA) is 74.2 Å². The van der Waals surface area contributed by atoms with Crippen molar-refractivity contribution in [2.45, 2.75) is 45.6 Å². The molecule has 0 bridgehead atoms.